The minimum absolute atomic E-state index is 0.298. The lowest BCUT2D eigenvalue weighted by atomic mass is 9.61. The number of aromatic nitrogens is 2. The van der Waals surface area contributed by atoms with E-state index < -0.39 is 0 Å². The van der Waals surface area contributed by atoms with Gasteiger partial charge in [0.1, 0.15) is 5.82 Å². The monoisotopic (exact) mass is 370 g/mol. The predicted molar refractivity (Wildman–Crippen MR) is 116 cm³/mol. The molecule has 4 aromatic carbocycles. The van der Waals surface area contributed by atoms with Gasteiger partial charge in [-0.15, -0.1) is 0 Å². The first-order valence-electron chi connectivity index (χ1n) is 10.1. The fourth-order valence-electron chi connectivity index (χ4n) is 5.40. The SMILES string of the molecule is c1ccc2c(c1)C1c3ccccc3C2c2cc(-c3nc4ccccc4[nH]3)ccc21. The molecule has 29 heavy (non-hydrogen) atoms. The molecule has 0 saturated heterocycles. The minimum atomic E-state index is 0.298. The van der Waals surface area contributed by atoms with E-state index in [4.69, 9.17) is 4.98 Å². The van der Waals surface area contributed by atoms with E-state index >= 15 is 0 Å². The van der Waals surface area contributed by atoms with Crippen LogP contribution in [0.5, 0.6) is 0 Å². The van der Waals surface area contributed by atoms with Crippen molar-refractivity contribution >= 4 is 11.0 Å². The van der Waals surface area contributed by atoms with E-state index in [1.807, 2.05) is 12.1 Å². The normalized spacial score (nSPS) is 18.3. The molecule has 1 N–H and O–H groups in total. The second-order valence-corrected chi connectivity index (χ2v) is 8.07. The molecule has 8 rings (SSSR count). The summed E-state index contributed by atoms with van der Waals surface area (Å²) in [4.78, 5) is 8.32. The highest BCUT2D eigenvalue weighted by atomic mass is 14.9. The zero-order valence-corrected chi connectivity index (χ0v) is 15.8. The number of rotatable bonds is 1. The van der Waals surface area contributed by atoms with Crippen LogP contribution < -0.4 is 0 Å². The molecule has 0 aliphatic heterocycles. The van der Waals surface area contributed by atoms with E-state index in [9.17, 15) is 0 Å². The van der Waals surface area contributed by atoms with Gasteiger partial charge in [0.2, 0.25) is 0 Å². The second kappa shape index (κ2) is 5.45. The van der Waals surface area contributed by atoms with Gasteiger partial charge in [-0.3, -0.25) is 0 Å². The van der Waals surface area contributed by atoms with E-state index in [1.165, 1.54) is 33.4 Å². The van der Waals surface area contributed by atoms with Gasteiger partial charge in [0.15, 0.2) is 0 Å². The Morgan fingerprint density at radius 3 is 1.76 bits per heavy atom. The van der Waals surface area contributed by atoms with Gasteiger partial charge in [-0.05, 0) is 51.6 Å². The second-order valence-electron chi connectivity index (χ2n) is 8.07. The number of para-hydroxylation sites is 2. The van der Waals surface area contributed by atoms with E-state index in [-0.39, 0.29) is 0 Å². The molecule has 2 nitrogen and oxygen atoms in total. The van der Waals surface area contributed by atoms with Gasteiger partial charge in [0.05, 0.1) is 11.0 Å². The summed E-state index contributed by atoms with van der Waals surface area (Å²) in [6.07, 6.45) is 0. The highest BCUT2D eigenvalue weighted by Crippen LogP contribution is 2.55. The van der Waals surface area contributed by atoms with Gasteiger partial charge in [-0.2, -0.15) is 0 Å². The maximum Gasteiger partial charge on any atom is 0.138 e. The molecule has 1 aromatic heterocycles. The number of hydrogen-bond donors (Lipinski definition) is 1. The van der Waals surface area contributed by atoms with Gasteiger partial charge < -0.3 is 4.98 Å². The van der Waals surface area contributed by atoms with E-state index in [2.05, 4.69) is 83.8 Å². The molecule has 3 aliphatic rings. The molecular formula is C27H18N2. The fourth-order valence-corrected chi connectivity index (χ4v) is 5.40. The van der Waals surface area contributed by atoms with Gasteiger partial charge >= 0.3 is 0 Å². The van der Waals surface area contributed by atoms with Crippen LogP contribution in [0.1, 0.15) is 45.2 Å². The summed E-state index contributed by atoms with van der Waals surface area (Å²) in [5.74, 6) is 1.57. The summed E-state index contributed by atoms with van der Waals surface area (Å²) in [5.41, 5.74) is 11.9. The van der Waals surface area contributed by atoms with Crippen molar-refractivity contribution in [3.05, 3.63) is 124 Å². The van der Waals surface area contributed by atoms with Crippen LogP contribution >= 0.6 is 0 Å². The van der Waals surface area contributed by atoms with Crippen molar-refractivity contribution in [2.45, 2.75) is 11.8 Å². The molecule has 0 fully saturated rings. The summed E-state index contributed by atoms with van der Waals surface area (Å²) >= 11 is 0. The first-order valence-corrected chi connectivity index (χ1v) is 10.1. The number of nitrogens with one attached hydrogen (secondary N) is 1. The zero-order valence-electron chi connectivity index (χ0n) is 15.8. The average Bonchev–Trinajstić information content (AvgIpc) is 3.23. The lowest BCUT2D eigenvalue weighted by molar-refractivity contribution is 0.754. The molecule has 0 atom stereocenters. The highest BCUT2D eigenvalue weighted by molar-refractivity contribution is 5.80. The topological polar surface area (TPSA) is 28.7 Å². The maximum absolute atomic E-state index is 4.83. The number of nitrogens with zero attached hydrogens (tertiary/aromatic N) is 1. The summed E-state index contributed by atoms with van der Waals surface area (Å²) in [5, 5.41) is 0. The minimum Gasteiger partial charge on any atom is -0.338 e. The van der Waals surface area contributed by atoms with Crippen molar-refractivity contribution < 1.29 is 0 Å². The lowest BCUT2D eigenvalue weighted by Crippen LogP contribution is -2.27. The van der Waals surface area contributed by atoms with Gasteiger partial charge in [0, 0.05) is 17.4 Å². The average molecular weight is 370 g/mol. The molecular weight excluding hydrogens is 352 g/mol. The van der Waals surface area contributed by atoms with Gasteiger partial charge in [-0.1, -0.05) is 72.8 Å². The van der Waals surface area contributed by atoms with Crippen molar-refractivity contribution in [1.82, 2.24) is 9.97 Å². The number of imidazole rings is 1. The number of fused-ring (bicyclic) bond motifs is 1. The molecule has 0 spiro atoms. The van der Waals surface area contributed by atoms with Crippen LogP contribution in [-0.2, 0) is 0 Å². The Morgan fingerprint density at radius 2 is 1.10 bits per heavy atom. The van der Waals surface area contributed by atoms with Crippen molar-refractivity contribution in [1.29, 1.82) is 0 Å². The summed E-state index contributed by atoms with van der Waals surface area (Å²) in [6.45, 7) is 0. The molecule has 0 unspecified atom stereocenters. The number of benzene rings is 4. The Hall–Kier alpha value is -3.65. The van der Waals surface area contributed by atoms with Crippen LogP contribution in [0.15, 0.2) is 91.0 Å². The fraction of sp³-hybridized carbons (Fsp3) is 0.0741. The quantitative estimate of drug-likeness (QED) is 0.365. The molecule has 2 heteroatoms. The Kier molecular flexibility index (Phi) is 2.87. The molecule has 1 heterocycles. The first-order chi connectivity index (χ1) is 14.4. The Bertz CT molecular complexity index is 1350. The Balaban J connectivity index is 1.47. The van der Waals surface area contributed by atoms with Crippen LogP contribution in [0.25, 0.3) is 22.4 Å². The third-order valence-electron chi connectivity index (χ3n) is 6.61. The molecule has 0 saturated carbocycles. The molecule has 0 radical (unpaired) electrons. The standard InChI is InChI=1S/C27H18N2/c1-3-9-19-17(7-1)25-18-8-2-4-10-20(18)26(19)22-15-16(13-14-21(22)25)27-28-23-11-5-6-12-24(23)29-27/h1-15,25-26H,(H,28,29). The Morgan fingerprint density at radius 1 is 0.552 bits per heavy atom. The van der Waals surface area contributed by atoms with E-state index in [0.717, 1.165) is 22.4 Å². The lowest BCUT2D eigenvalue weighted by Gasteiger charge is -2.42. The number of hydrogen-bond acceptors (Lipinski definition) is 1. The third-order valence-corrected chi connectivity index (χ3v) is 6.61. The largest absolute Gasteiger partial charge is 0.338 e. The third kappa shape index (κ3) is 1.98. The predicted octanol–water partition coefficient (Wildman–Crippen LogP) is 6.22. The first kappa shape index (κ1) is 15.3. The van der Waals surface area contributed by atoms with Gasteiger partial charge in [-0.25, -0.2) is 4.98 Å². The number of aromatic amines is 1. The summed E-state index contributed by atoms with van der Waals surface area (Å²) in [7, 11) is 0. The smallest absolute Gasteiger partial charge is 0.138 e. The van der Waals surface area contributed by atoms with Crippen LogP contribution in [-0.4, -0.2) is 9.97 Å². The van der Waals surface area contributed by atoms with E-state index in [1.54, 1.807) is 0 Å². The zero-order chi connectivity index (χ0) is 18.9. The van der Waals surface area contributed by atoms with Gasteiger partial charge in [0.25, 0.3) is 0 Å². The van der Waals surface area contributed by atoms with Crippen LogP contribution in [0.4, 0.5) is 0 Å². The van der Waals surface area contributed by atoms with Crippen LogP contribution in [0, 0.1) is 0 Å². The molecule has 5 aromatic rings. The summed E-state index contributed by atoms with van der Waals surface area (Å²) < 4.78 is 0. The van der Waals surface area contributed by atoms with Crippen molar-refractivity contribution in [3.8, 4) is 11.4 Å². The molecule has 0 amide bonds. The Labute approximate surface area is 168 Å². The maximum atomic E-state index is 4.83. The molecule has 3 aliphatic carbocycles. The van der Waals surface area contributed by atoms with Crippen LogP contribution in [0.2, 0.25) is 0 Å². The van der Waals surface area contributed by atoms with Crippen LogP contribution in [0.3, 0.4) is 0 Å². The highest BCUT2D eigenvalue weighted by Gasteiger charge is 2.40. The van der Waals surface area contributed by atoms with Crippen molar-refractivity contribution in [3.63, 3.8) is 0 Å². The van der Waals surface area contributed by atoms with Crippen molar-refractivity contribution in [2.24, 2.45) is 0 Å². The van der Waals surface area contributed by atoms with E-state index in [0.29, 0.717) is 11.8 Å². The van der Waals surface area contributed by atoms with Crippen molar-refractivity contribution in [2.75, 3.05) is 0 Å². The molecule has 2 bridgehead atoms. The molecule has 136 valence electrons. The number of H-pyrrole nitrogens is 1. The summed E-state index contributed by atoms with van der Waals surface area (Å²) in [6, 6.07) is 33.0.